The molecule has 2 amide bonds. The molecule has 2 aliphatic rings. The first-order valence-electron chi connectivity index (χ1n) is 9.83. The maximum Gasteiger partial charge on any atom is 0.311 e. The summed E-state index contributed by atoms with van der Waals surface area (Å²) in [6, 6.07) is 11.3. The van der Waals surface area contributed by atoms with Crippen LogP contribution in [0.4, 0.5) is 0 Å². The largest absolute Gasteiger partial charge is 0.469 e. The minimum atomic E-state index is -0.500. The molecule has 0 unspecified atom stereocenters. The Morgan fingerprint density at radius 2 is 1.87 bits per heavy atom. The van der Waals surface area contributed by atoms with E-state index >= 15 is 0 Å². The highest BCUT2D eigenvalue weighted by Gasteiger charge is 2.51. The molecular weight excluding hydrogens is 386 g/mol. The Kier molecular flexibility index (Phi) is 5.15. The van der Waals surface area contributed by atoms with Gasteiger partial charge in [-0.3, -0.25) is 19.2 Å². The van der Waals surface area contributed by atoms with Crippen LogP contribution in [0.3, 0.4) is 0 Å². The Morgan fingerprint density at radius 3 is 2.53 bits per heavy atom. The van der Waals surface area contributed by atoms with Crippen LogP contribution in [0.2, 0.25) is 0 Å². The number of nitrogens with zero attached hydrogens (tertiary/aromatic N) is 2. The van der Waals surface area contributed by atoms with E-state index in [1.807, 2.05) is 30.3 Å². The number of pyridine rings is 1. The lowest BCUT2D eigenvalue weighted by atomic mass is 9.93. The van der Waals surface area contributed by atoms with E-state index in [1.54, 1.807) is 11.8 Å². The van der Waals surface area contributed by atoms with Gasteiger partial charge in [-0.05, 0) is 18.9 Å². The highest BCUT2D eigenvalue weighted by atomic mass is 16.5. The number of rotatable bonds is 3. The lowest BCUT2D eigenvalue weighted by Gasteiger charge is -2.40. The molecule has 2 saturated heterocycles. The molecule has 2 aromatic rings. The maximum absolute atomic E-state index is 13.1. The number of hydrogen-bond acceptors (Lipinski definition) is 5. The number of methoxy groups -OCH3 is 1. The van der Waals surface area contributed by atoms with Crippen molar-refractivity contribution < 1.29 is 19.1 Å². The van der Waals surface area contributed by atoms with Gasteiger partial charge in [0.15, 0.2) is 5.43 Å². The number of amides is 2. The van der Waals surface area contributed by atoms with Crippen LogP contribution in [-0.4, -0.2) is 58.8 Å². The molecule has 3 atom stereocenters. The molecule has 8 nitrogen and oxygen atoms in total. The first-order valence-corrected chi connectivity index (χ1v) is 9.83. The number of piperazine rings is 1. The van der Waals surface area contributed by atoms with Crippen molar-refractivity contribution >= 4 is 17.8 Å². The Balaban J connectivity index is 1.64. The molecule has 3 heterocycles. The second-order valence-electron chi connectivity index (χ2n) is 7.77. The average molecular weight is 409 g/mol. The average Bonchev–Trinajstić information content (AvgIpc) is 3.12. The van der Waals surface area contributed by atoms with Gasteiger partial charge in [0.2, 0.25) is 5.91 Å². The van der Waals surface area contributed by atoms with Gasteiger partial charge in [-0.25, -0.2) is 0 Å². The monoisotopic (exact) mass is 409 g/mol. The lowest BCUT2D eigenvalue weighted by Crippen LogP contribution is -2.56. The molecule has 0 spiro atoms. The predicted octanol–water partition coefficient (Wildman–Crippen LogP) is 1.27. The summed E-state index contributed by atoms with van der Waals surface area (Å²) in [6.45, 7) is 1.88. The number of aromatic amines is 1. The number of ether oxygens (including phenoxy) is 1. The van der Waals surface area contributed by atoms with Crippen molar-refractivity contribution in [3.05, 3.63) is 69.6 Å². The molecule has 1 N–H and O–H groups in total. The molecular formula is C22H23N3O5. The van der Waals surface area contributed by atoms with E-state index in [1.165, 1.54) is 24.1 Å². The summed E-state index contributed by atoms with van der Waals surface area (Å²) >= 11 is 0. The van der Waals surface area contributed by atoms with Crippen LogP contribution >= 0.6 is 0 Å². The number of benzene rings is 1. The minimum absolute atomic E-state index is 0.109. The van der Waals surface area contributed by atoms with Gasteiger partial charge >= 0.3 is 5.97 Å². The topological polar surface area (TPSA) is 99.8 Å². The van der Waals surface area contributed by atoms with Crippen molar-refractivity contribution in [2.75, 3.05) is 20.2 Å². The zero-order chi connectivity index (χ0) is 21.4. The summed E-state index contributed by atoms with van der Waals surface area (Å²) in [5, 5.41) is 0. The van der Waals surface area contributed by atoms with Gasteiger partial charge in [-0.15, -0.1) is 0 Å². The Hall–Kier alpha value is -3.42. The molecule has 0 saturated carbocycles. The van der Waals surface area contributed by atoms with Gasteiger partial charge in [0.25, 0.3) is 5.91 Å². The van der Waals surface area contributed by atoms with Crippen LogP contribution in [0.25, 0.3) is 0 Å². The molecule has 2 fully saturated rings. The van der Waals surface area contributed by atoms with Crippen LogP contribution in [-0.2, 0) is 14.3 Å². The van der Waals surface area contributed by atoms with E-state index in [9.17, 15) is 19.2 Å². The van der Waals surface area contributed by atoms with Gasteiger partial charge in [-0.2, -0.15) is 0 Å². The van der Waals surface area contributed by atoms with Gasteiger partial charge in [0.1, 0.15) is 12.2 Å². The van der Waals surface area contributed by atoms with Crippen LogP contribution in [0.5, 0.6) is 0 Å². The van der Waals surface area contributed by atoms with E-state index < -0.39 is 17.9 Å². The van der Waals surface area contributed by atoms with Gasteiger partial charge in [0.05, 0.1) is 25.1 Å². The summed E-state index contributed by atoms with van der Waals surface area (Å²) in [4.78, 5) is 56.4. The van der Waals surface area contributed by atoms with Crippen molar-refractivity contribution in [1.82, 2.24) is 14.8 Å². The predicted molar refractivity (Wildman–Crippen MR) is 108 cm³/mol. The molecule has 1 aromatic heterocycles. The molecule has 30 heavy (non-hydrogen) atoms. The van der Waals surface area contributed by atoms with E-state index in [4.69, 9.17) is 4.74 Å². The number of nitrogens with one attached hydrogen (secondary N) is 1. The third-order valence-electron chi connectivity index (χ3n) is 5.79. The standard InChI is InChI=1S/C22H23N3O5/c1-13-8-16(26)10-18(23-13)21(28)24-11-15-9-17(22(29)30-2)20(25(15)19(27)12-24)14-6-4-3-5-7-14/h3-8,10,15,17,20H,9,11-12H2,1-2H3,(H,23,26)/t15-,17-,20-/m0/s1. The molecule has 0 bridgehead atoms. The fourth-order valence-corrected chi connectivity index (χ4v) is 4.58. The fourth-order valence-electron chi connectivity index (χ4n) is 4.58. The number of H-pyrrole nitrogens is 1. The maximum atomic E-state index is 13.1. The van der Waals surface area contributed by atoms with Crippen molar-refractivity contribution in [2.45, 2.75) is 25.4 Å². The zero-order valence-corrected chi connectivity index (χ0v) is 16.8. The van der Waals surface area contributed by atoms with Crippen LogP contribution in [0, 0.1) is 12.8 Å². The third kappa shape index (κ3) is 3.49. The minimum Gasteiger partial charge on any atom is -0.469 e. The summed E-state index contributed by atoms with van der Waals surface area (Å²) in [5.41, 5.74) is 1.33. The number of carbonyl (C=O) groups is 3. The fraction of sp³-hybridized carbons (Fsp3) is 0.364. The van der Waals surface area contributed by atoms with Crippen molar-refractivity contribution in [3.8, 4) is 0 Å². The van der Waals surface area contributed by atoms with Crippen LogP contribution in [0.15, 0.2) is 47.3 Å². The first-order chi connectivity index (χ1) is 14.4. The highest BCUT2D eigenvalue weighted by Crippen LogP contribution is 2.43. The van der Waals surface area contributed by atoms with Gasteiger partial charge in [0, 0.05) is 24.4 Å². The first kappa shape index (κ1) is 19.9. The third-order valence-corrected chi connectivity index (χ3v) is 5.79. The lowest BCUT2D eigenvalue weighted by molar-refractivity contribution is -0.147. The van der Waals surface area contributed by atoms with E-state index in [2.05, 4.69) is 4.98 Å². The molecule has 8 heteroatoms. The molecule has 0 radical (unpaired) electrons. The van der Waals surface area contributed by atoms with E-state index in [0.717, 1.165) is 5.56 Å². The van der Waals surface area contributed by atoms with Crippen LogP contribution in [0.1, 0.15) is 34.2 Å². The number of aromatic nitrogens is 1. The number of aryl methyl sites for hydroxylation is 1. The highest BCUT2D eigenvalue weighted by molar-refractivity contribution is 5.96. The van der Waals surface area contributed by atoms with Gasteiger partial charge in [-0.1, -0.05) is 30.3 Å². The van der Waals surface area contributed by atoms with Crippen LogP contribution < -0.4 is 5.43 Å². The molecule has 4 rings (SSSR count). The van der Waals surface area contributed by atoms with Gasteiger partial charge < -0.3 is 19.5 Å². The van der Waals surface area contributed by atoms with E-state index in [0.29, 0.717) is 12.1 Å². The molecule has 156 valence electrons. The van der Waals surface area contributed by atoms with Crippen molar-refractivity contribution in [2.24, 2.45) is 5.92 Å². The van der Waals surface area contributed by atoms with Crippen molar-refractivity contribution in [1.29, 1.82) is 0 Å². The second-order valence-corrected chi connectivity index (χ2v) is 7.77. The summed E-state index contributed by atoms with van der Waals surface area (Å²) in [7, 11) is 1.34. The molecule has 2 aliphatic heterocycles. The normalized spacial score (nSPS) is 23.3. The second kappa shape index (κ2) is 7.78. The smallest absolute Gasteiger partial charge is 0.311 e. The van der Waals surface area contributed by atoms with E-state index in [-0.39, 0.29) is 42.1 Å². The Labute approximate surface area is 173 Å². The number of esters is 1. The summed E-state index contributed by atoms with van der Waals surface area (Å²) in [5.74, 6) is -1.50. The van der Waals surface area contributed by atoms with Crippen molar-refractivity contribution in [3.63, 3.8) is 0 Å². The number of fused-ring (bicyclic) bond motifs is 1. The SMILES string of the molecule is COC(=O)[C@H]1C[C@H]2CN(C(=O)c3cc(=O)cc(C)[nH]3)CC(=O)N2[C@H]1c1ccccc1. The quantitative estimate of drug-likeness (QED) is 0.770. The summed E-state index contributed by atoms with van der Waals surface area (Å²) < 4.78 is 5.00. The Morgan fingerprint density at radius 1 is 1.13 bits per heavy atom. The zero-order valence-electron chi connectivity index (χ0n) is 16.8. The summed E-state index contributed by atoms with van der Waals surface area (Å²) in [6.07, 6.45) is 0.409. The Bertz CT molecular complexity index is 1050. The molecule has 0 aliphatic carbocycles. The number of carbonyl (C=O) groups excluding carboxylic acids is 3. The molecule has 1 aromatic carbocycles. The number of hydrogen-bond donors (Lipinski definition) is 1.